The molecule has 0 radical (unpaired) electrons. The SMILES string of the molecule is COc1c(F)cc(F)c(OC)c1CC(C)O. The highest BCUT2D eigenvalue weighted by atomic mass is 19.1. The Morgan fingerprint density at radius 3 is 1.94 bits per heavy atom. The van der Waals surface area contributed by atoms with E-state index in [-0.39, 0.29) is 23.5 Å². The normalized spacial score (nSPS) is 12.4. The quantitative estimate of drug-likeness (QED) is 0.861. The lowest BCUT2D eigenvalue weighted by atomic mass is 10.1. The molecule has 0 aliphatic rings. The Labute approximate surface area is 92.6 Å². The van der Waals surface area contributed by atoms with Gasteiger partial charge < -0.3 is 14.6 Å². The zero-order valence-electron chi connectivity index (χ0n) is 9.38. The van der Waals surface area contributed by atoms with Crippen molar-refractivity contribution in [3.8, 4) is 11.5 Å². The number of halogens is 2. The summed E-state index contributed by atoms with van der Waals surface area (Å²) in [5.74, 6) is -1.81. The molecule has 1 unspecified atom stereocenters. The molecule has 0 aliphatic carbocycles. The molecule has 1 N–H and O–H groups in total. The second-order valence-corrected chi connectivity index (χ2v) is 3.44. The highest BCUT2D eigenvalue weighted by Crippen LogP contribution is 2.34. The third-order valence-corrected chi connectivity index (χ3v) is 2.14. The second kappa shape index (κ2) is 5.12. The molecule has 0 spiro atoms. The second-order valence-electron chi connectivity index (χ2n) is 3.44. The van der Waals surface area contributed by atoms with Crippen LogP contribution in [0.25, 0.3) is 0 Å². The van der Waals surface area contributed by atoms with E-state index in [1.807, 2.05) is 0 Å². The van der Waals surface area contributed by atoms with E-state index in [0.29, 0.717) is 6.07 Å². The molecule has 5 heteroatoms. The number of aliphatic hydroxyl groups is 1. The Morgan fingerprint density at radius 2 is 1.62 bits per heavy atom. The summed E-state index contributed by atoms with van der Waals surface area (Å²) in [5, 5.41) is 9.27. The Balaban J connectivity index is 3.36. The molecule has 0 saturated carbocycles. The maximum absolute atomic E-state index is 13.4. The lowest BCUT2D eigenvalue weighted by Crippen LogP contribution is -2.09. The molecule has 16 heavy (non-hydrogen) atoms. The molecule has 0 bridgehead atoms. The predicted molar refractivity (Wildman–Crippen MR) is 54.8 cm³/mol. The van der Waals surface area contributed by atoms with Crippen LogP contribution in [0.3, 0.4) is 0 Å². The zero-order chi connectivity index (χ0) is 12.3. The topological polar surface area (TPSA) is 38.7 Å². The van der Waals surface area contributed by atoms with Crippen molar-refractivity contribution < 1.29 is 23.4 Å². The first-order valence-electron chi connectivity index (χ1n) is 4.78. The fraction of sp³-hybridized carbons (Fsp3) is 0.455. The fourth-order valence-electron chi connectivity index (χ4n) is 1.56. The first-order valence-corrected chi connectivity index (χ1v) is 4.78. The Bertz CT molecular complexity index is 350. The van der Waals surface area contributed by atoms with Crippen LogP contribution in [-0.2, 0) is 6.42 Å². The van der Waals surface area contributed by atoms with Gasteiger partial charge in [-0.2, -0.15) is 0 Å². The Morgan fingerprint density at radius 1 is 1.19 bits per heavy atom. The minimum absolute atomic E-state index is 0.0566. The van der Waals surface area contributed by atoms with Gasteiger partial charge in [0.05, 0.1) is 20.3 Å². The number of aliphatic hydroxyl groups excluding tert-OH is 1. The van der Waals surface area contributed by atoms with Crippen LogP contribution in [0.1, 0.15) is 12.5 Å². The monoisotopic (exact) mass is 232 g/mol. The third-order valence-electron chi connectivity index (χ3n) is 2.14. The molecule has 1 aromatic carbocycles. The van der Waals surface area contributed by atoms with Crippen molar-refractivity contribution in [3.05, 3.63) is 23.3 Å². The Hall–Kier alpha value is -1.36. The minimum Gasteiger partial charge on any atom is -0.493 e. The molecule has 90 valence electrons. The highest BCUT2D eigenvalue weighted by molar-refractivity contribution is 5.47. The van der Waals surface area contributed by atoms with Crippen molar-refractivity contribution in [2.75, 3.05) is 14.2 Å². The minimum atomic E-state index is -0.809. The van der Waals surface area contributed by atoms with Gasteiger partial charge in [0.1, 0.15) is 0 Å². The molecule has 3 nitrogen and oxygen atoms in total. The summed E-state index contributed by atoms with van der Waals surface area (Å²) < 4.78 is 36.4. The summed E-state index contributed by atoms with van der Waals surface area (Å²) in [4.78, 5) is 0. The van der Waals surface area contributed by atoms with Gasteiger partial charge in [0, 0.05) is 18.1 Å². The van der Waals surface area contributed by atoms with Crippen LogP contribution in [0, 0.1) is 11.6 Å². The molecule has 1 aromatic rings. The highest BCUT2D eigenvalue weighted by Gasteiger charge is 2.21. The van der Waals surface area contributed by atoms with Crippen LogP contribution < -0.4 is 9.47 Å². The number of methoxy groups -OCH3 is 2. The van der Waals surface area contributed by atoms with Gasteiger partial charge >= 0.3 is 0 Å². The van der Waals surface area contributed by atoms with Crippen LogP contribution in [0.15, 0.2) is 6.07 Å². The third kappa shape index (κ3) is 2.41. The van der Waals surface area contributed by atoms with E-state index >= 15 is 0 Å². The van der Waals surface area contributed by atoms with E-state index in [4.69, 9.17) is 9.47 Å². The van der Waals surface area contributed by atoms with Gasteiger partial charge in [-0.3, -0.25) is 0 Å². The number of hydrogen-bond donors (Lipinski definition) is 1. The van der Waals surface area contributed by atoms with Crippen LogP contribution in [-0.4, -0.2) is 25.4 Å². The smallest absolute Gasteiger partial charge is 0.168 e. The van der Waals surface area contributed by atoms with Crippen molar-refractivity contribution in [2.24, 2.45) is 0 Å². The first-order chi connectivity index (χ1) is 7.51. The van der Waals surface area contributed by atoms with Gasteiger partial charge in [-0.15, -0.1) is 0 Å². The summed E-state index contributed by atoms with van der Waals surface area (Å²) in [5.41, 5.74) is 0.192. The summed E-state index contributed by atoms with van der Waals surface area (Å²) in [7, 11) is 2.56. The van der Waals surface area contributed by atoms with Gasteiger partial charge in [-0.25, -0.2) is 8.78 Å². The predicted octanol–water partition coefficient (Wildman–Crippen LogP) is 1.91. The maximum Gasteiger partial charge on any atom is 0.168 e. The van der Waals surface area contributed by atoms with Gasteiger partial charge in [0.25, 0.3) is 0 Å². The van der Waals surface area contributed by atoms with Crippen molar-refractivity contribution in [1.29, 1.82) is 0 Å². The molecule has 0 fully saturated rings. The average Bonchev–Trinajstić information content (AvgIpc) is 2.17. The summed E-state index contributed by atoms with van der Waals surface area (Å²) >= 11 is 0. The molecule has 0 amide bonds. The largest absolute Gasteiger partial charge is 0.493 e. The molecule has 0 aliphatic heterocycles. The number of benzene rings is 1. The lowest BCUT2D eigenvalue weighted by molar-refractivity contribution is 0.191. The van der Waals surface area contributed by atoms with E-state index in [1.165, 1.54) is 21.1 Å². The lowest BCUT2D eigenvalue weighted by Gasteiger charge is -2.15. The van der Waals surface area contributed by atoms with Crippen molar-refractivity contribution in [3.63, 3.8) is 0 Å². The van der Waals surface area contributed by atoms with Crippen LogP contribution in [0.5, 0.6) is 11.5 Å². The fourth-order valence-corrected chi connectivity index (χ4v) is 1.56. The van der Waals surface area contributed by atoms with E-state index in [1.54, 1.807) is 0 Å². The number of hydrogen-bond acceptors (Lipinski definition) is 3. The van der Waals surface area contributed by atoms with Crippen molar-refractivity contribution >= 4 is 0 Å². The van der Waals surface area contributed by atoms with Crippen molar-refractivity contribution in [2.45, 2.75) is 19.4 Å². The van der Waals surface area contributed by atoms with Gasteiger partial charge in [0.15, 0.2) is 23.1 Å². The standard InChI is InChI=1S/C11H14F2O3/c1-6(14)4-7-10(15-2)8(12)5-9(13)11(7)16-3/h5-6,14H,4H2,1-3H3. The Kier molecular flexibility index (Phi) is 4.06. The van der Waals surface area contributed by atoms with Gasteiger partial charge in [-0.1, -0.05) is 0 Å². The van der Waals surface area contributed by atoms with E-state index in [0.717, 1.165) is 0 Å². The molecule has 1 atom stereocenters. The molecular weight excluding hydrogens is 218 g/mol. The molecule has 0 saturated heterocycles. The molecule has 1 rings (SSSR count). The number of rotatable bonds is 4. The average molecular weight is 232 g/mol. The zero-order valence-corrected chi connectivity index (χ0v) is 9.38. The molecule has 0 heterocycles. The van der Waals surface area contributed by atoms with Crippen LogP contribution in [0.2, 0.25) is 0 Å². The summed E-state index contributed by atoms with van der Waals surface area (Å²) in [6.07, 6.45) is -0.690. The summed E-state index contributed by atoms with van der Waals surface area (Å²) in [6, 6.07) is 0.698. The van der Waals surface area contributed by atoms with Crippen LogP contribution in [0.4, 0.5) is 8.78 Å². The molecule has 0 aromatic heterocycles. The van der Waals surface area contributed by atoms with Gasteiger partial charge in [-0.05, 0) is 6.92 Å². The first kappa shape index (κ1) is 12.7. The van der Waals surface area contributed by atoms with Crippen LogP contribution >= 0.6 is 0 Å². The summed E-state index contributed by atoms with van der Waals surface area (Å²) in [6.45, 7) is 1.52. The van der Waals surface area contributed by atoms with Crippen molar-refractivity contribution in [1.82, 2.24) is 0 Å². The maximum atomic E-state index is 13.4. The van der Waals surface area contributed by atoms with E-state index in [9.17, 15) is 13.9 Å². The van der Waals surface area contributed by atoms with E-state index in [2.05, 4.69) is 0 Å². The van der Waals surface area contributed by atoms with Gasteiger partial charge in [0.2, 0.25) is 0 Å². The number of ether oxygens (including phenoxy) is 2. The van der Waals surface area contributed by atoms with E-state index < -0.39 is 17.7 Å². The molecular formula is C11H14F2O3.